The summed E-state index contributed by atoms with van der Waals surface area (Å²) < 4.78 is 0. The van der Waals surface area contributed by atoms with Gasteiger partial charge in [0.2, 0.25) is 0 Å². The first-order valence-electron chi connectivity index (χ1n) is 7.57. The number of aryl methyl sites for hydroxylation is 1. The molecule has 108 valence electrons. The van der Waals surface area contributed by atoms with Crippen LogP contribution in [0.2, 0.25) is 0 Å². The topological polar surface area (TPSA) is 28.2 Å². The fourth-order valence-corrected chi connectivity index (χ4v) is 2.27. The summed E-state index contributed by atoms with van der Waals surface area (Å²) >= 11 is 0. The molecule has 0 bridgehead atoms. The number of pyridine rings is 1. The summed E-state index contributed by atoms with van der Waals surface area (Å²) in [6, 6.07) is 6.92. The highest BCUT2D eigenvalue weighted by Gasteiger charge is 2.06. The molecule has 1 heterocycles. The highest BCUT2D eigenvalue weighted by Crippen LogP contribution is 2.03. The van der Waals surface area contributed by atoms with E-state index in [1.54, 1.807) is 0 Å². The molecule has 0 aliphatic carbocycles. The predicted molar refractivity (Wildman–Crippen MR) is 82.3 cm³/mol. The molecule has 0 saturated carbocycles. The largest absolute Gasteiger partial charge is 0.313 e. The van der Waals surface area contributed by atoms with Crippen molar-refractivity contribution in [1.29, 1.82) is 0 Å². The van der Waals surface area contributed by atoms with E-state index in [0.717, 1.165) is 31.9 Å². The monoisotopic (exact) mass is 263 g/mol. The Labute approximate surface area is 118 Å². The Morgan fingerprint density at radius 2 is 1.95 bits per heavy atom. The number of nitrogens with zero attached hydrogens (tertiary/aromatic N) is 2. The van der Waals surface area contributed by atoms with Crippen molar-refractivity contribution in [3.8, 4) is 0 Å². The average Bonchev–Trinajstić information content (AvgIpc) is 2.42. The maximum atomic E-state index is 4.57. The van der Waals surface area contributed by atoms with Crippen LogP contribution in [0.1, 0.15) is 45.0 Å². The highest BCUT2D eigenvalue weighted by molar-refractivity contribution is 5.09. The van der Waals surface area contributed by atoms with Crippen molar-refractivity contribution in [3.05, 3.63) is 29.6 Å². The molecule has 0 fully saturated rings. The van der Waals surface area contributed by atoms with Crippen molar-refractivity contribution in [2.75, 3.05) is 19.6 Å². The van der Waals surface area contributed by atoms with Crippen molar-refractivity contribution < 1.29 is 0 Å². The van der Waals surface area contributed by atoms with Crippen molar-refractivity contribution >= 4 is 0 Å². The summed E-state index contributed by atoms with van der Waals surface area (Å²) in [7, 11) is 0. The van der Waals surface area contributed by atoms with Crippen molar-refractivity contribution in [1.82, 2.24) is 15.2 Å². The highest BCUT2D eigenvalue weighted by atomic mass is 15.1. The molecular weight excluding hydrogens is 234 g/mol. The summed E-state index contributed by atoms with van der Waals surface area (Å²) in [4.78, 5) is 7.02. The van der Waals surface area contributed by atoms with Gasteiger partial charge in [-0.3, -0.25) is 9.88 Å². The lowest BCUT2D eigenvalue weighted by Gasteiger charge is -2.22. The van der Waals surface area contributed by atoms with Crippen LogP contribution >= 0.6 is 0 Å². The zero-order chi connectivity index (χ0) is 14.1. The van der Waals surface area contributed by atoms with E-state index >= 15 is 0 Å². The molecule has 1 rings (SSSR count). The molecule has 0 unspecified atom stereocenters. The second kappa shape index (κ2) is 9.05. The predicted octanol–water partition coefficient (Wildman–Crippen LogP) is 2.99. The molecule has 0 spiro atoms. The Morgan fingerprint density at radius 1 is 1.21 bits per heavy atom. The van der Waals surface area contributed by atoms with Gasteiger partial charge in [0.15, 0.2) is 0 Å². The second-order valence-electron chi connectivity index (χ2n) is 5.11. The zero-order valence-corrected chi connectivity index (χ0v) is 12.9. The summed E-state index contributed by atoms with van der Waals surface area (Å²) in [5, 5.41) is 3.62. The van der Waals surface area contributed by atoms with Gasteiger partial charge >= 0.3 is 0 Å². The number of hydrogen-bond acceptors (Lipinski definition) is 3. The van der Waals surface area contributed by atoms with E-state index in [1.165, 1.54) is 18.5 Å². The first-order chi connectivity index (χ1) is 9.19. The van der Waals surface area contributed by atoms with Crippen molar-refractivity contribution in [2.45, 2.75) is 53.1 Å². The fraction of sp³-hybridized carbons (Fsp3) is 0.688. The molecule has 0 amide bonds. The van der Waals surface area contributed by atoms with Crippen LogP contribution < -0.4 is 5.32 Å². The third-order valence-corrected chi connectivity index (χ3v) is 3.63. The van der Waals surface area contributed by atoms with Crippen molar-refractivity contribution in [3.63, 3.8) is 0 Å². The van der Waals surface area contributed by atoms with Crippen LogP contribution in [-0.4, -0.2) is 35.6 Å². The first kappa shape index (κ1) is 16.1. The average molecular weight is 263 g/mol. The van der Waals surface area contributed by atoms with Crippen LogP contribution in [-0.2, 0) is 6.54 Å². The van der Waals surface area contributed by atoms with Gasteiger partial charge in [-0.25, -0.2) is 0 Å². The fourth-order valence-electron chi connectivity index (χ4n) is 2.27. The smallest absolute Gasteiger partial charge is 0.0547 e. The maximum Gasteiger partial charge on any atom is 0.0547 e. The van der Waals surface area contributed by atoms with Gasteiger partial charge in [-0.05, 0) is 38.4 Å². The van der Waals surface area contributed by atoms with Crippen LogP contribution in [0, 0.1) is 6.92 Å². The van der Waals surface area contributed by atoms with Gasteiger partial charge in [0.25, 0.3) is 0 Å². The SMILES string of the molecule is CCC(CC)NCCN(CC)Cc1cccc(C)n1. The molecule has 1 aromatic rings. The Hall–Kier alpha value is -0.930. The molecule has 0 aromatic carbocycles. The van der Waals surface area contributed by atoms with E-state index in [0.29, 0.717) is 6.04 Å². The summed E-state index contributed by atoms with van der Waals surface area (Å²) in [5.41, 5.74) is 2.27. The van der Waals surface area contributed by atoms with Gasteiger partial charge in [-0.15, -0.1) is 0 Å². The minimum Gasteiger partial charge on any atom is -0.313 e. The molecule has 0 radical (unpaired) electrons. The lowest BCUT2D eigenvalue weighted by atomic mass is 10.2. The van der Waals surface area contributed by atoms with Gasteiger partial charge in [0.05, 0.1) is 5.69 Å². The standard InChI is InChI=1S/C16H29N3/c1-5-15(6-2)17-11-12-19(7-3)13-16-10-8-9-14(4)18-16/h8-10,15,17H,5-7,11-13H2,1-4H3. The maximum absolute atomic E-state index is 4.57. The van der Waals surface area contributed by atoms with E-state index in [4.69, 9.17) is 0 Å². The number of hydrogen-bond donors (Lipinski definition) is 1. The van der Waals surface area contributed by atoms with E-state index in [9.17, 15) is 0 Å². The van der Waals surface area contributed by atoms with Crippen LogP contribution in [0.3, 0.4) is 0 Å². The molecule has 3 heteroatoms. The molecule has 0 saturated heterocycles. The summed E-state index contributed by atoms with van der Waals surface area (Å²) in [6.07, 6.45) is 2.42. The van der Waals surface area contributed by atoms with Crippen molar-refractivity contribution in [2.24, 2.45) is 0 Å². The molecule has 19 heavy (non-hydrogen) atoms. The van der Waals surface area contributed by atoms with Crippen LogP contribution in [0.25, 0.3) is 0 Å². The molecular formula is C16H29N3. The lowest BCUT2D eigenvalue weighted by Crippen LogP contribution is -2.36. The first-order valence-corrected chi connectivity index (χ1v) is 7.57. The molecule has 0 aliphatic rings. The Morgan fingerprint density at radius 3 is 2.53 bits per heavy atom. The number of rotatable bonds is 9. The quantitative estimate of drug-likeness (QED) is 0.742. The van der Waals surface area contributed by atoms with Gasteiger partial charge < -0.3 is 5.32 Å². The minimum atomic E-state index is 0.663. The summed E-state index contributed by atoms with van der Waals surface area (Å²) in [5.74, 6) is 0. The molecule has 1 N–H and O–H groups in total. The lowest BCUT2D eigenvalue weighted by molar-refractivity contribution is 0.269. The third-order valence-electron chi connectivity index (χ3n) is 3.63. The number of likely N-dealkylation sites (N-methyl/N-ethyl adjacent to an activating group) is 1. The Balaban J connectivity index is 2.37. The molecule has 0 atom stereocenters. The van der Waals surface area contributed by atoms with Gasteiger partial charge in [0.1, 0.15) is 0 Å². The number of aromatic nitrogens is 1. The van der Waals surface area contributed by atoms with Crippen LogP contribution in [0.15, 0.2) is 18.2 Å². The molecule has 3 nitrogen and oxygen atoms in total. The third kappa shape index (κ3) is 6.17. The molecule has 0 aliphatic heterocycles. The van der Waals surface area contributed by atoms with E-state index in [2.05, 4.69) is 61.1 Å². The van der Waals surface area contributed by atoms with E-state index < -0.39 is 0 Å². The number of nitrogens with one attached hydrogen (secondary N) is 1. The van der Waals surface area contributed by atoms with Gasteiger partial charge in [-0.1, -0.05) is 26.8 Å². The zero-order valence-electron chi connectivity index (χ0n) is 12.9. The van der Waals surface area contributed by atoms with Gasteiger partial charge in [-0.2, -0.15) is 0 Å². The Kier molecular flexibility index (Phi) is 7.68. The second-order valence-corrected chi connectivity index (χ2v) is 5.11. The molecule has 1 aromatic heterocycles. The minimum absolute atomic E-state index is 0.663. The Bertz CT molecular complexity index is 348. The van der Waals surface area contributed by atoms with E-state index in [-0.39, 0.29) is 0 Å². The normalized spacial score (nSPS) is 11.5. The van der Waals surface area contributed by atoms with Crippen LogP contribution in [0.4, 0.5) is 0 Å². The van der Waals surface area contributed by atoms with Gasteiger partial charge in [0, 0.05) is 31.4 Å². The summed E-state index contributed by atoms with van der Waals surface area (Å²) in [6.45, 7) is 12.9. The van der Waals surface area contributed by atoms with E-state index in [1.807, 2.05) is 0 Å². The van der Waals surface area contributed by atoms with Crippen LogP contribution in [0.5, 0.6) is 0 Å².